The lowest BCUT2D eigenvalue weighted by molar-refractivity contribution is -0.145. The fourth-order valence-electron chi connectivity index (χ4n) is 2.28. The number of aromatic hydroxyl groups is 1. The van der Waals surface area contributed by atoms with Crippen molar-refractivity contribution in [2.24, 2.45) is 0 Å². The Bertz CT molecular complexity index is 463. The first-order valence-corrected chi connectivity index (χ1v) is 7.87. The zero-order valence-electron chi connectivity index (χ0n) is 11.9. The van der Waals surface area contributed by atoms with Crippen LogP contribution in [-0.2, 0) is 16.0 Å². The van der Waals surface area contributed by atoms with Crippen LogP contribution in [0.2, 0.25) is 0 Å². The van der Waals surface area contributed by atoms with Gasteiger partial charge in [-0.1, -0.05) is 12.1 Å². The zero-order chi connectivity index (χ0) is 14.6. The van der Waals surface area contributed by atoms with E-state index in [1.807, 2.05) is 19.1 Å². The second-order valence-corrected chi connectivity index (χ2v) is 6.68. The fraction of sp³-hybridized carbons (Fsp3) is 0.533. The van der Waals surface area contributed by atoms with Gasteiger partial charge in [0, 0.05) is 5.75 Å². The number of hydrogen-bond donors (Lipinski definition) is 2. The fourth-order valence-corrected chi connectivity index (χ4v) is 3.50. The molecule has 0 spiro atoms. The molecule has 1 fully saturated rings. The number of aryl methyl sites for hydroxylation is 1. The average molecular weight is 295 g/mol. The maximum atomic E-state index is 11.7. The summed E-state index contributed by atoms with van der Waals surface area (Å²) >= 11 is 1.77. The lowest BCUT2D eigenvalue weighted by atomic mass is 10.1. The highest BCUT2D eigenvalue weighted by Crippen LogP contribution is 2.34. The summed E-state index contributed by atoms with van der Waals surface area (Å²) in [6, 6.07) is 7.06. The van der Waals surface area contributed by atoms with E-state index in [-0.39, 0.29) is 22.6 Å². The van der Waals surface area contributed by atoms with Crippen LogP contribution >= 0.6 is 11.8 Å². The highest BCUT2D eigenvalue weighted by Gasteiger charge is 2.38. The number of nitrogens with one attached hydrogen (secondary N) is 1. The second-order valence-electron chi connectivity index (χ2n) is 5.16. The average Bonchev–Trinajstić information content (AvgIpc) is 2.82. The highest BCUT2D eigenvalue weighted by molar-refractivity contribution is 8.00. The molecule has 5 heteroatoms. The minimum Gasteiger partial charge on any atom is -0.508 e. The van der Waals surface area contributed by atoms with E-state index in [0.717, 1.165) is 18.6 Å². The normalized spacial score (nSPS) is 25.6. The molecule has 110 valence electrons. The Balaban J connectivity index is 1.86. The van der Waals surface area contributed by atoms with Gasteiger partial charge in [-0.15, -0.1) is 11.8 Å². The molecule has 0 bridgehead atoms. The van der Waals surface area contributed by atoms with Crippen molar-refractivity contribution in [3.05, 3.63) is 29.8 Å². The van der Waals surface area contributed by atoms with Crippen LogP contribution in [0.25, 0.3) is 0 Å². The summed E-state index contributed by atoms with van der Waals surface area (Å²) < 4.78 is 5.05. The standard InChI is InChI=1S/C15H21NO3S/c1-3-19-14(18)13-10-20-15(2,16-13)9-8-11-4-6-12(17)7-5-11/h4-7,13,16-17H,3,8-10H2,1-2H3. The first-order chi connectivity index (χ1) is 9.52. The van der Waals surface area contributed by atoms with Crippen molar-refractivity contribution in [1.29, 1.82) is 0 Å². The highest BCUT2D eigenvalue weighted by atomic mass is 32.2. The molecule has 1 aliphatic heterocycles. The van der Waals surface area contributed by atoms with Gasteiger partial charge in [0.15, 0.2) is 0 Å². The van der Waals surface area contributed by atoms with Crippen LogP contribution in [0, 0.1) is 0 Å². The molecule has 0 aromatic heterocycles. The van der Waals surface area contributed by atoms with Gasteiger partial charge in [0.2, 0.25) is 0 Å². The molecule has 1 aromatic rings. The van der Waals surface area contributed by atoms with Crippen LogP contribution in [0.5, 0.6) is 5.75 Å². The number of esters is 1. The van der Waals surface area contributed by atoms with E-state index in [9.17, 15) is 9.90 Å². The van der Waals surface area contributed by atoms with Gasteiger partial charge >= 0.3 is 5.97 Å². The Hall–Kier alpha value is -1.20. The third-order valence-electron chi connectivity index (χ3n) is 3.45. The Kier molecular flexibility index (Phi) is 4.94. The van der Waals surface area contributed by atoms with Gasteiger partial charge in [0.05, 0.1) is 11.5 Å². The first-order valence-electron chi connectivity index (χ1n) is 6.88. The minimum absolute atomic E-state index is 0.102. The van der Waals surface area contributed by atoms with Crippen molar-refractivity contribution in [2.75, 3.05) is 12.4 Å². The first kappa shape index (κ1) is 15.2. The molecule has 0 radical (unpaired) electrons. The summed E-state index contributed by atoms with van der Waals surface area (Å²) in [5.74, 6) is 0.884. The van der Waals surface area contributed by atoms with E-state index < -0.39 is 0 Å². The van der Waals surface area contributed by atoms with Crippen LogP contribution in [0.15, 0.2) is 24.3 Å². The van der Waals surface area contributed by atoms with Crippen molar-refractivity contribution >= 4 is 17.7 Å². The summed E-state index contributed by atoms with van der Waals surface area (Å²) in [6.45, 7) is 4.37. The number of hydrogen-bond acceptors (Lipinski definition) is 5. The van der Waals surface area contributed by atoms with Crippen LogP contribution in [0.1, 0.15) is 25.8 Å². The van der Waals surface area contributed by atoms with Crippen LogP contribution < -0.4 is 5.32 Å². The SMILES string of the molecule is CCOC(=O)C1CSC(C)(CCc2ccc(O)cc2)N1. The van der Waals surface area contributed by atoms with Gasteiger partial charge in [-0.3, -0.25) is 10.1 Å². The van der Waals surface area contributed by atoms with E-state index in [2.05, 4.69) is 12.2 Å². The topological polar surface area (TPSA) is 58.6 Å². The number of carbonyl (C=O) groups is 1. The largest absolute Gasteiger partial charge is 0.508 e. The van der Waals surface area contributed by atoms with Gasteiger partial charge in [0.1, 0.15) is 11.8 Å². The molecule has 1 saturated heterocycles. The molecule has 2 unspecified atom stereocenters. The molecule has 0 saturated carbocycles. The van der Waals surface area contributed by atoms with Crippen molar-refractivity contribution in [2.45, 2.75) is 37.6 Å². The second kappa shape index (κ2) is 6.50. The third kappa shape index (κ3) is 3.90. The smallest absolute Gasteiger partial charge is 0.324 e. The number of ether oxygens (including phenoxy) is 1. The van der Waals surface area contributed by atoms with E-state index in [4.69, 9.17) is 4.74 Å². The van der Waals surface area contributed by atoms with E-state index in [1.54, 1.807) is 23.9 Å². The van der Waals surface area contributed by atoms with Gasteiger partial charge < -0.3 is 9.84 Å². The third-order valence-corrected chi connectivity index (χ3v) is 4.91. The van der Waals surface area contributed by atoms with Crippen LogP contribution in [0.4, 0.5) is 0 Å². The quantitative estimate of drug-likeness (QED) is 0.816. The van der Waals surface area contributed by atoms with Gasteiger partial charge in [0.25, 0.3) is 0 Å². The molecule has 4 nitrogen and oxygen atoms in total. The Morgan fingerprint density at radius 1 is 1.50 bits per heavy atom. The number of carbonyl (C=O) groups excluding carboxylic acids is 1. The molecule has 20 heavy (non-hydrogen) atoms. The Morgan fingerprint density at radius 2 is 2.20 bits per heavy atom. The van der Waals surface area contributed by atoms with Crippen LogP contribution in [-0.4, -0.2) is 34.3 Å². The number of thioether (sulfide) groups is 1. The predicted molar refractivity (Wildman–Crippen MR) is 80.8 cm³/mol. The monoisotopic (exact) mass is 295 g/mol. The zero-order valence-corrected chi connectivity index (χ0v) is 12.7. The number of phenolic OH excluding ortho intramolecular Hbond substituents is 1. The molecule has 1 aliphatic rings. The van der Waals surface area contributed by atoms with E-state index in [1.165, 1.54) is 5.56 Å². The molecule has 2 atom stereocenters. The van der Waals surface area contributed by atoms with Crippen LogP contribution in [0.3, 0.4) is 0 Å². The van der Waals surface area contributed by atoms with Crippen molar-refractivity contribution in [3.63, 3.8) is 0 Å². The van der Waals surface area contributed by atoms with E-state index >= 15 is 0 Å². The summed E-state index contributed by atoms with van der Waals surface area (Å²) in [7, 11) is 0. The summed E-state index contributed by atoms with van der Waals surface area (Å²) in [4.78, 5) is 11.6. The summed E-state index contributed by atoms with van der Waals surface area (Å²) in [5, 5.41) is 12.6. The number of phenols is 1. The number of rotatable bonds is 5. The summed E-state index contributed by atoms with van der Waals surface area (Å²) in [5.41, 5.74) is 1.19. The molecular formula is C15H21NO3S. The lowest BCUT2D eigenvalue weighted by Crippen LogP contribution is -2.44. The Labute approximate surface area is 123 Å². The minimum atomic E-state index is -0.204. The molecule has 2 rings (SSSR count). The maximum Gasteiger partial charge on any atom is 0.324 e. The molecule has 0 amide bonds. The maximum absolute atomic E-state index is 11.7. The lowest BCUT2D eigenvalue weighted by Gasteiger charge is -2.24. The van der Waals surface area contributed by atoms with Gasteiger partial charge in [-0.2, -0.15) is 0 Å². The molecular weight excluding hydrogens is 274 g/mol. The molecule has 0 aliphatic carbocycles. The van der Waals surface area contributed by atoms with Crippen molar-refractivity contribution in [3.8, 4) is 5.75 Å². The molecule has 1 heterocycles. The van der Waals surface area contributed by atoms with Crippen molar-refractivity contribution < 1.29 is 14.6 Å². The van der Waals surface area contributed by atoms with Gasteiger partial charge in [-0.25, -0.2) is 0 Å². The van der Waals surface area contributed by atoms with Crippen molar-refractivity contribution in [1.82, 2.24) is 5.32 Å². The van der Waals surface area contributed by atoms with Gasteiger partial charge in [-0.05, 0) is 44.4 Å². The number of benzene rings is 1. The molecule has 2 N–H and O–H groups in total. The Morgan fingerprint density at radius 3 is 2.85 bits per heavy atom. The van der Waals surface area contributed by atoms with E-state index in [0.29, 0.717) is 6.61 Å². The summed E-state index contributed by atoms with van der Waals surface area (Å²) in [6.07, 6.45) is 1.84. The molecule has 1 aromatic carbocycles. The predicted octanol–water partition coefficient (Wildman–Crippen LogP) is 2.31.